The summed E-state index contributed by atoms with van der Waals surface area (Å²) in [5.41, 5.74) is 11.4. The minimum Gasteiger partial charge on any atom is -0.356 e. The molecule has 8 N–H and O–H groups in total. The topological polar surface area (TPSA) is 168 Å². The van der Waals surface area contributed by atoms with Crippen LogP contribution in [0.5, 0.6) is 0 Å². The van der Waals surface area contributed by atoms with E-state index in [-0.39, 0.29) is 29.7 Å². The minimum atomic E-state index is -0.743. The molecule has 354 valence electrons. The molecule has 0 aromatic carbocycles. The average molecular weight is 849 g/mol. The van der Waals surface area contributed by atoms with Crippen molar-refractivity contribution in [3.05, 3.63) is 0 Å². The molecule has 60 heavy (non-hydrogen) atoms. The van der Waals surface area contributed by atoms with Crippen molar-refractivity contribution in [3.63, 3.8) is 0 Å². The van der Waals surface area contributed by atoms with E-state index in [0.29, 0.717) is 64.6 Å². The van der Waals surface area contributed by atoms with Gasteiger partial charge in [0, 0.05) is 25.4 Å². The lowest BCUT2D eigenvalue weighted by molar-refractivity contribution is -0.132. The highest BCUT2D eigenvalue weighted by atomic mass is 16.2. The number of nitrogens with one attached hydrogen (secondary N) is 4. The van der Waals surface area contributed by atoms with Crippen LogP contribution >= 0.6 is 0 Å². The Balaban J connectivity index is 4.83. The van der Waals surface area contributed by atoms with Gasteiger partial charge in [0.25, 0.3) is 0 Å². The second kappa shape index (κ2) is 44.8. The Morgan fingerprint density at radius 1 is 0.383 bits per heavy atom. The molecular formula is C50H100N6O4. The van der Waals surface area contributed by atoms with Crippen molar-refractivity contribution in [2.24, 2.45) is 11.5 Å². The Bertz CT molecular complexity index is 998. The van der Waals surface area contributed by atoms with Gasteiger partial charge in [-0.1, -0.05) is 174 Å². The molecule has 0 bridgehead atoms. The van der Waals surface area contributed by atoms with Crippen LogP contribution in [0, 0.1) is 0 Å². The van der Waals surface area contributed by atoms with Gasteiger partial charge in [0.2, 0.25) is 23.6 Å². The summed E-state index contributed by atoms with van der Waals surface area (Å²) in [4.78, 5) is 52.8. The number of hydrogen-bond donors (Lipinski definition) is 6. The summed E-state index contributed by atoms with van der Waals surface area (Å²) in [5, 5.41) is 12.1. The zero-order valence-corrected chi connectivity index (χ0v) is 39.8. The van der Waals surface area contributed by atoms with E-state index in [0.717, 1.165) is 57.8 Å². The van der Waals surface area contributed by atoms with Crippen LogP contribution < -0.4 is 32.7 Å². The third-order valence-electron chi connectivity index (χ3n) is 12.0. The molecule has 10 heteroatoms. The fourth-order valence-corrected chi connectivity index (χ4v) is 7.98. The lowest BCUT2D eigenvalue weighted by Crippen LogP contribution is -2.54. The quantitative estimate of drug-likeness (QED) is 0.0333. The van der Waals surface area contributed by atoms with Crippen molar-refractivity contribution in [2.45, 2.75) is 276 Å². The van der Waals surface area contributed by atoms with E-state index < -0.39 is 12.1 Å². The fourth-order valence-electron chi connectivity index (χ4n) is 7.98. The highest BCUT2D eigenvalue weighted by Crippen LogP contribution is 2.15. The van der Waals surface area contributed by atoms with Crippen LogP contribution in [0.4, 0.5) is 0 Å². The molecule has 3 atom stereocenters. The van der Waals surface area contributed by atoms with Crippen LogP contribution in [-0.4, -0.2) is 61.4 Å². The normalized spacial score (nSPS) is 12.8. The Morgan fingerprint density at radius 3 is 1.17 bits per heavy atom. The first-order valence-corrected chi connectivity index (χ1v) is 25.9. The Morgan fingerprint density at radius 2 is 0.733 bits per heavy atom. The molecule has 4 amide bonds. The van der Waals surface area contributed by atoms with Gasteiger partial charge in [-0.2, -0.15) is 0 Å². The molecule has 0 aliphatic heterocycles. The highest BCUT2D eigenvalue weighted by Gasteiger charge is 2.27. The number of rotatable bonds is 46. The summed E-state index contributed by atoms with van der Waals surface area (Å²) in [6, 6.07) is -1.48. The molecule has 0 aromatic heterocycles. The zero-order chi connectivity index (χ0) is 44.2. The molecular weight excluding hydrogens is 749 g/mol. The predicted octanol–water partition coefficient (Wildman–Crippen LogP) is 11.0. The van der Waals surface area contributed by atoms with Crippen molar-refractivity contribution < 1.29 is 19.2 Å². The van der Waals surface area contributed by atoms with Gasteiger partial charge in [-0.05, 0) is 84.2 Å². The first-order chi connectivity index (χ1) is 29.3. The first kappa shape index (κ1) is 57.8. The number of hydrogen-bond acceptors (Lipinski definition) is 6. The molecule has 0 fully saturated rings. The van der Waals surface area contributed by atoms with E-state index in [1.54, 1.807) is 0 Å². The highest BCUT2D eigenvalue weighted by molar-refractivity contribution is 5.92. The van der Waals surface area contributed by atoms with Crippen molar-refractivity contribution in [2.75, 3.05) is 19.6 Å². The zero-order valence-electron chi connectivity index (χ0n) is 39.8. The summed E-state index contributed by atoms with van der Waals surface area (Å²) in [7, 11) is 0. The molecule has 0 radical (unpaired) electrons. The van der Waals surface area contributed by atoms with E-state index in [9.17, 15) is 19.2 Å². The first-order valence-electron chi connectivity index (χ1n) is 25.9. The van der Waals surface area contributed by atoms with Crippen LogP contribution in [0.2, 0.25) is 0 Å². The third-order valence-corrected chi connectivity index (χ3v) is 12.0. The minimum absolute atomic E-state index is 0.0338. The summed E-state index contributed by atoms with van der Waals surface area (Å²) in [5.74, 6) is -0.572. The molecule has 0 heterocycles. The Kier molecular flexibility index (Phi) is 43.2. The number of carbonyl (C=O) groups is 4. The van der Waals surface area contributed by atoms with E-state index in [1.165, 1.54) is 135 Å². The van der Waals surface area contributed by atoms with Crippen LogP contribution in [0.3, 0.4) is 0 Å². The number of unbranched alkanes of at least 4 members (excludes halogenated alkanes) is 27. The van der Waals surface area contributed by atoms with Crippen molar-refractivity contribution in [1.82, 2.24) is 21.3 Å². The van der Waals surface area contributed by atoms with E-state index >= 15 is 0 Å². The summed E-state index contributed by atoms with van der Waals surface area (Å²) < 4.78 is 0. The average Bonchev–Trinajstić information content (AvgIpc) is 3.23. The summed E-state index contributed by atoms with van der Waals surface area (Å²) >= 11 is 0. The molecule has 0 aliphatic carbocycles. The maximum Gasteiger partial charge on any atom is 0.243 e. The summed E-state index contributed by atoms with van der Waals surface area (Å²) in [6.45, 7) is 8.19. The van der Waals surface area contributed by atoms with E-state index in [4.69, 9.17) is 11.5 Å². The van der Waals surface area contributed by atoms with Crippen LogP contribution in [-0.2, 0) is 19.2 Å². The molecule has 0 unspecified atom stereocenters. The lowest BCUT2D eigenvalue weighted by atomic mass is 10.0. The van der Waals surface area contributed by atoms with Gasteiger partial charge < -0.3 is 32.7 Å². The number of carbonyl (C=O) groups excluding carboxylic acids is 4. The smallest absolute Gasteiger partial charge is 0.243 e. The predicted molar refractivity (Wildman–Crippen MR) is 255 cm³/mol. The number of amides is 4. The molecule has 0 saturated carbocycles. The number of nitrogens with two attached hydrogens (primary N) is 2. The standard InChI is InChI=1S/C50H100N6O4/c1-4-6-8-10-12-14-16-18-20-22-24-26-28-39-47(57)53-43-35-32-38-45(55-48(58)40-29-27-25-23-21-19-17-15-13-11-9-7-5-2)50(60)56-46(37-31-34-42-52)49(59)54-44(3)36-30-33-41-51/h44-46H,4-43,51-52H2,1-3H3,(H,53,57)(H,54,59)(H,55,58)(H,56,60)/t44-,45+,46+/m0/s1. The second-order valence-electron chi connectivity index (χ2n) is 18.0. The second-order valence-corrected chi connectivity index (χ2v) is 18.0. The van der Waals surface area contributed by atoms with Gasteiger partial charge in [-0.25, -0.2) is 0 Å². The third kappa shape index (κ3) is 38.7. The Hall–Kier alpha value is -2.20. The van der Waals surface area contributed by atoms with Gasteiger partial charge in [0.15, 0.2) is 0 Å². The fraction of sp³-hybridized carbons (Fsp3) is 0.920. The van der Waals surface area contributed by atoms with Crippen LogP contribution in [0.15, 0.2) is 0 Å². The maximum absolute atomic E-state index is 13.8. The molecule has 0 saturated heterocycles. The molecule has 0 rings (SSSR count). The molecule has 0 spiro atoms. The van der Waals surface area contributed by atoms with Crippen LogP contribution in [0.1, 0.15) is 258 Å². The molecule has 0 aliphatic rings. The van der Waals surface area contributed by atoms with Crippen molar-refractivity contribution in [1.29, 1.82) is 0 Å². The molecule has 0 aromatic rings. The molecule has 10 nitrogen and oxygen atoms in total. The van der Waals surface area contributed by atoms with Gasteiger partial charge in [0.05, 0.1) is 0 Å². The SMILES string of the molecule is CCCCCCCCCCCCCCCC(=O)NCCCC[C@@H](NC(=O)CCCCCCCCCCCCCCC)C(=O)N[C@H](CCCCN)C(=O)N[C@@H](C)CCCCN. The Labute approximate surface area is 370 Å². The monoisotopic (exact) mass is 849 g/mol. The van der Waals surface area contributed by atoms with Gasteiger partial charge in [-0.15, -0.1) is 0 Å². The van der Waals surface area contributed by atoms with E-state index in [1.807, 2.05) is 6.92 Å². The van der Waals surface area contributed by atoms with Gasteiger partial charge in [0.1, 0.15) is 12.1 Å². The largest absolute Gasteiger partial charge is 0.356 e. The van der Waals surface area contributed by atoms with E-state index in [2.05, 4.69) is 35.1 Å². The summed E-state index contributed by atoms with van der Waals surface area (Å²) in [6.07, 6.45) is 40.2. The van der Waals surface area contributed by atoms with Crippen molar-refractivity contribution in [3.8, 4) is 0 Å². The lowest BCUT2D eigenvalue weighted by Gasteiger charge is -2.25. The van der Waals surface area contributed by atoms with Gasteiger partial charge >= 0.3 is 0 Å². The van der Waals surface area contributed by atoms with Gasteiger partial charge in [-0.3, -0.25) is 19.2 Å². The van der Waals surface area contributed by atoms with Crippen molar-refractivity contribution >= 4 is 23.6 Å². The maximum atomic E-state index is 13.8. The van der Waals surface area contributed by atoms with Crippen LogP contribution in [0.25, 0.3) is 0 Å².